The number of nitrogens with one attached hydrogen (secondary N) is 2. The third kappa shape index (κ3) is 10.5. The van der Waals surface area contributed by atoms with E-state index >= 15 is 0 Å². The predicted molar refractivity (Wildman–Crippen MR) is 116 cm³/mol. The first kappa shape index (κ1) is 24.0. The second-order valence-corrected chi connectivity index (χ2v) is 5.72. The van der Waals surface area contributed by atoms with Crippen molar-refractivity contribution >= 4 is 29.9 Å². The molecule has 0 aliphatic heterocycles. The van der Waals surface area contributed by atoms with Gasteiger partial charge in [0.2, 0.25) is 0 Å². The van der Waals surface area contributed by atoms with Crippen molar-refractivity contribution in [2.24, 2.45) is 4.99 Å². The van der Waals surface area contributed by atoms with Crippen LogP contribution in [-0.4, -0.2) is 39.4 Å². The molecule has 0 amide bonds. The normalized spacial score (nSPS) is 11.0. The summed E-state index contributed by atoms with van der Waals surface area (Å²) in [5, 5.41) is 6.68. The summed E-state index contributed by atoms with van der Waals surface area (Å²) in [6, 6.07) is 6.32. The molecule has 25 heavy (non-hydrogen) atoms. The average molecular weight is 463 g/mol. The molecule has 1 aromatic carbocycles. The number of benzene rings is 1. The molecule has 0 fully saturated rings. The summed E-state index contributed by atoms with van der Waals surface area (Å²) in [5.41, 5.74) is 2.36. The highest BCUT2D eigenvalue weighted by molar-refractivity contribution is 14.0. The van der Waals surface area contributed by atoms with Crippen molar-refractivity contribution in [3.05, 3.63) is 29.3 Å². The van der Waals surface area contributed by atoms with Crippen LogP contribution in [0, 0.1) is 6.92 Å². The van der Waals surface area contributed by atoms with Crippen LogP contribution in [0.5, 0.6) is 5.75 Å². The van der Waals surface area contributed by atoms with Crippen LogP contribution < -0.4 is 15.4 Å². The van der Waals surface area contributed by atoms with Gasteiger partial charge in [0.05, 0.1) is 6.61 Å². The van der Waals surface area contributed by atoms with Gasteiger partial charge in [-0.3, -0.25) is 4.99 Å². The average Bonchev–Trinajstić information content (AvgIpc) is 2.59. The Labute approximate surface area is 170 Å². The van der Waals surface area contributed by atoms with Gasteiger partial charge >= 0.3 is 0 Å². The number of halogens is 1. The van der Waals surface area contributed by atoms with Gasteiger partial charge in [0.15, 0.2) is 5.96 Å². The monoisotopic (exact) mass is 463 g/mol. The molecule has 2 N–H and O–H groups in total. The van der Waals surface area contributed by atoms with Crippen molar-refractivity contribution < 1.29 is 9.47 Å². The van der Waals surface area contributed by atoms with Crippen molar-refractivity contribution in [1.29, 1.82) is 0 Å². The zero-order chi connectivity index (χ0) is 17.6. The molecule has 5 nitrogen and oxygen atoms in total. The molecule has 0 radical (unpaired) electrons. The number of aliphatic imine (C=N–C) groups is 1. The molecule has 0 saturated heterocycles. The largest absolute Gasteiger partial charge is 0.493 e. The third-order valence-electron chi connectivity index (χ3n) is 3.57. The number of guanidine groups is 1. The van der Waals surface area contributed by atoms with Crippen molar-refractivity contribution in [2.45, 2.75) is 46.6 Å². The second kappa shape index (κ2) is 15.3. The van der Waals surface area contributed by atoms with Gasteiger partial charge in [-0.25, -0.2) is 0 Å². The topological polar surface area (TPSA) is 54.9 Å². The highest BCUT2D eigenvalue weighted by Gasteiger charge is 2.05. The van der Waals surface area contributed by atoms with Gasteiger partial charge in [-0.2, -0.15) is 0 Å². The summed E-state index contributed by atoms with van der Waals surface area (Å²) >= 11 is 0. The Morgan fingerprint density at radius 2 is 1.92 bits per heavy atom. The maximum absolute atomic E-state index is 5.85. The molecule has 144 valence electrons. The van der Waals surface area contributed by atoms with Crippen molar-refractivity contribution in [3.63, 3.8) is 0 Å². The number of aryl methyl sites for hydroxylation is 1. The summed E-state index contributed by atoms with van der Waals surface area (Å²) in [4.78, 5) is 4.27. The zero-order valence-electron chi connectivity index (χ0n) is 16.1. The Bertz CT molecular complexity index is 496. The fourth-order valence-corrected chi connectivity index (χ4v) is 2.23. The first-order valence-electron chi connectivity index (χ1n) is 8.95. The number of hydrogen-bond donors (Lipinski definition) is 2. The smallest absolute Gasteiger partial charge is 0.191 e. The standard InChI is InChI=1S/C19H33N3O2.HI/c1-5-12-24-18-14-16(3)9-10-17(18)15-22-19(20-4)21-11-7-8-13-23-6-2;/h9-10,14H,5-8,11-13,15H2,1-4H3,(H2,20,21,22);1H. The summed E-state index contributed by atoms with van der Waals surface area (Å²) in [7, 11) is 1.79. The van der Waals surface area contributed by atoms with Gasteiger partial charge in [0, 0.05) is 38.9 Å². The van der Waals surface area contributed by atoms with Crippen LogP contribution in [0.2, 0.25) is 0 Å². The molecular weight excluding hydrogens is 429 g/mol. The third-order valence-corrected chi connectivity index (χ3v) is 3.57. The van der Waals surface area contributed by atoms with Crippen LogP contribution in [0.15, 0.2) is 23.2 Å². The van der Waals surface area contributed by atoms with Gasteiger partial charge < -0.3 is 20.1 Å². The Kier molecular flexibility index (Phi) is 14.6. The van der Waals surface area contributed by atoms with E-state index in [1.807, 2.05) is 6.92 Å². The molecule has 0 bridgehead atoms. The van der Waals surface area contributed by atoms with E-state index in [2.05, 4.69) is 47.7 Å². The van der Waals surface area contributed by atoms with E-state index in [0.717, 1.165) is 62.9 Å². The minimum Gasteiger partial charge on any atom is -0.493 e. The molecule has 0 spiro atoms. The van der Waals surface area contributed by atoms with Gasteiger partial charge in [-0.1, -0.05) is 19.1 Å². The first-order chi connectivity index (χ1) is 11.7. The van der Waals surface area contributed by atoms with E-state index < -0.39 is 0 Å². The Hall–Kier alpha value is -1.02. The number of ether oxygens (including phenoxy) is 2. The summed E-state index contributed by atoms with van der Waals surface area (Å²) in [5.74, 6) is 1.77. The maximum Gasteiger partial charge on any atom is 0.191 e. The Balaban J connectivity index is 0.00000576. The van der Waals surface area contributed by atoms with Gasteiger partial charge in [-0.05, 0) is 44.7 Å². The predicted octanol–water partition coefficient (Wildman–Crippen LogP) is 3.88. The lowest BCUT2D eigenvalue weighted by atomic mass is 10.1. The summed E-state index contributed by atoms with van der Waals surface area (Å²) in [6.45, 7) is 10.2. The maximum atomic E-state index is 5.85. The minimum absolute atomic E-state index is 0. The van der Waals surface area contributed by atoms with Crippen LogP contribution in [0.25, 0.3) is 0 Å². The molecule has 0 heterocycles. The van der Waals surface area contributed by atoms with Gasteiger partial charge in [0.1, 0.15) is 5.75 Å². The molecule has 6 heteroatoms. The molecule has 0 saturated carbocycles. The second-order valence-electron chi connectivity index (χ2n) is 5.72. The van der Waals surface area contributed by atoms with Crippen LogP contribution >= 0.6 is 24.0 Å². The lowest BCUT2D eigenvalue weighted by Gasteiger charge is -2.15. The molecule has 0 aliphatic carbocycles. The van der Waals surface area contributed by atoms with Gasteiger partial charge in [-0.15, -0.1) is 24.0 Å². The van der Waals surface area contributed by atoms with Crippen LogP contribution in [-0.2, 0) is 11.3 Å². The molecule has 0 atom stereocenters. The quantitative estimate of drug-likeness (QED) is 0.226. The van der Waals surface area contributed by atoms with Gasteiger partial charge in [0.25, 0.3) is 0 Å². The lowest BCUT2D eigenvalue weighted by molar-refractivity contribution is 0.143. The SMILES string of the molecule is CCCOc1cc(C)ccc1CNC(=NC)NCCCCOCC.I. The van der Waals surface area contributed by atoms with E-state index in [0.29, 0.717) is 6.54 Å². The first-order valence-corrected chi connectivity index (χ1v) is 8.95. The van der Waals surface area contributed by atoms with Crippen LogP contribution in [0.3, 0.4) is 0 Å². The fourth-order valence-electron chi connectivity index (χ4n) is 2.23. The van der Waals surface area contributed by atoms with Crippen molar-refractivity contribution in [3.8, 4) is 5.75 Å². The molecular formula is C19H34IN3O2. The van der Waals surface area contributed by atoms with Crippen LogP contribution in [0.4, 0.5) is 0 Å². The van der Waals surface area contributed by atoms with E-state index in [4.69, 9.17) is 9.47 Å². The molecule has 1 aromatic rings. The van der Waals surface area contributed by atoms with E-state index in [1.54, 1.807) is 7.05 Å². The number of hydrogen-bond acceptors (Lipinski definition) is 3. The fraction of sp³-hybridized carbons (Fsp3) is 0.632. The summed E-state index contributed by atoms with van der Waals surface area (Å²) in [6.07, 6.45) is 3.13. The molecule has 1 rings (SSSR count). The Morgan fingerprint density at radius 3 is 2.60 bits per heavy atom. The number of nitrogens with zero attached hydrogens (tertiary/aromatic N) is 1. The van der Waals surface area contributed by atoms with Crippen molar-refractivity contribution in [2.75, 3.05) is 33.4 Å². The van der Waals surface area contributed by atoms with E-state index in [1.165, 1.54) is 5.56 Å². The van der Waals surface area contributed by atoms with E-state index in [-0.39, 0.29) is 24.0 Å². The number of rotatable bonds is 11. The van der Waals surface area contributed by atoms with E-state index in [9.17, 15) is 0 Å². The number of unbranched alkanes of at least 4 members (excludes halogenated alkanes) is 1. The minimum atomic E-state index is 0. The van der Waals surface area contributed by atoms with Crippen molar-refractivity contribution in [1.82, 2.24) is 10.6 Å². The molecule has 0 aliphatic rings. The molecule has 0 aromatic heterocycles. The molecule has 0 unspecified atom stereocenters. The Morgan fingerprint density at radius 1 is 1.12 bits per heavy atom. The summed E-state index contributed by atoms with van der Waals surface area (Å²) < 4.78 is 11.2. The highest BCUT2D eigenvalue weighted by atomic mass is 127. The highest BCUT2D eigenvalue weighted by Crippen LogP contribution is 2.20. The zero-order valence-corrected chi connectivity index (χ0v) is 18.4. The van der Waals surface area contributed by atoms with Crippen LogP contribution in [0.1, 0.15) is 44.2 Å². The lowest BCUT2D eigenvalue weighted by Crippen LogP contribution is -2.37.